The van der Waals surface area contributed by atoms with Gasteiger partial charge in [0.15, 0.2) is 13.2 Å². The first-order chi connectivity index (χ1) is 10.4. The van der Waals surface area contributed by atoms with Gasteiger partial charge in [-0.05, 0) is 38.1 Å². The molecule has 1 aromatic carbocycles. The van der Waals surface area contributed by atoms with E-state index in [-0.39, 0.29) is 19.1 Å². The van der Waals surface area contributed by atoms with Crippen LogP contribution in [0, 0.1) is 0 Å². The van der Waals surface area contributed by atoms with Crippen LogP contribution in [0.2, 0.25) is 5.02 Å². The fourth-order valence-corrected chi connectivity index (χ4v) is 1.78. The summed E-state index contributed by atoms with van der Waals surface area (Å²) in [6, 6.07) is 6.60. The fourth-order valence-electron chi connectivity index (χ4n) is 1.65. The molecule has 5 nitrogen and oxygen atoms in total. The predicted octanol–water partition coefficient (Wildman–Crippen LogP) is 2.69. The van der Waals surface area contributed by atoms with Gasteiger partial charge < -0.3 is 14.4 Å². The number of carbonyl (C=O) groups excluding carboxylic acids is 2. The van der Waals surface area contributed by atoms with Crippen LogP contribution in [0.4, 0.5) is 0 Å². The fraction of sp³-hybridized carbons (Fsp3) is 0.375. The van der Waals surface area contributed by atoms with Crippen molar-refractivity contribution in [1.29, 1.82) is 0 Å². The highest BCUT2D eigenvalue weighted by Gasteiger charge is 2.14. The number of nitrogens with zero attached hydrogens (tertiary/aromatic N) is 1. The lowest BCUT2D eigenvalue weighted by molar-refractivity contribution is -0.153. The molecular weight excluding hydrogens is 306 g/mol. The van der Waals surface area contributed by atoms with Crippen LogP contribution < -0.4 is 4.74 Å². The van der Waals surface area contributed by atoms with Gasteiger partial charge in [0.25, 0.3) is 5.91 Å². The van der Waals surface area contributed by atoms with Crippen LogP contribution in [-0.4, -0.2) is 43.1 Å². The minimum Gasteiger partial charge on any atom is -0.482 e. The number of likely N-dealkylation sites (N-methyl/N-ethyl adjacent to an activating group) is 1. The first-order valence-corrected chi connectivity index (χ1v) is 7.26. The van der Waals surface area contributed by atoms with E-state index in [0.717, 1.165) is 5.57 Å². The van der Waals surface area contributed by atoms with E-state index >= 15 is 0 Å². The molecule has 0 fully saturated rings. The second-order valence-corrected chi connectivity index (χ2v) is 5.20. The first-order valence-electron chi connectivity index (χ1n) is 6.88. The number of halogens is 1. The Labute approximate surface area is 135 Å². The quantitative estimate of drug-likeness (QED) is 0.544. The highest BCUT2D eigenvalue weighted by atomic mass is 35.5. The normalized spacial score (nSPS) is 9.95. The van der Waals surface area contributed by atoms with E-state index in [2.05, 4.69) is 6.58 Å². The van der Waals surface area contributed by atoms with Crippen molar-refractivity contribution in [3.63, 3.8) is 0 Å². The van der Waals surface area contributed by atoms with E-state index in [0.29, 0.717) is 23.9 Å². The lowest BCUT2D eigenvalue weighted by atomic mass is 10.3. The van der Waals surface area contributed by atoms with Crippen LogP contribution in [0.5, 0.6) is 5.75 Å². The molecule has 0 aliphatic heterocycles. The molecule has 0 saturated carbocycles. The maximum Gasteiger partial charge on any atom is 0.344 e. The zero-order chi connectivity index (χ0) is 16.5. The van der Waals surface area contributed by atoms with E-state index < -0.39 is 5.97 Å². The number of amides is 1. The van der Waals surface area contributed by atoms with Crippen molar-refractivity contribution in [1.82, 2.24) is 4.90 Å². The highest BCUT2D eigenvalue weighted by Crippen LogP contribution is 2.15. The minimum atomic E-state index is -0.602. The highest BCUT2D eigenvalue weighted by molar-refractivity contribution is 6.30. The molecule has 120 valence electrons. The third-order valence-corrected chi connectivity index (χ3v) is 2.97. The van der Waals surface area contributed by atoms with E-state index in [1.54, 1.807) is 29.2 Å². The van der Waals surface area contributed by atoms with Gasteiger partial charge in [-0.1, -0.05) is 23.8 Å². The van der Waals surface area contributed by atoms with Crippen molar-refractivity contribution in [2.75, 3.05) is 26.3 Å². The summed E-state index contributed by atoms with van der Waals surface area (Å²) in [6.07, 6.45) is 0. The molecule has 1 amide bonds. The smallest absolute Gasteiger partial charge is 0.344 e. The summed E-state index contributed by atoms with van der Waals surface area (Å²) in [7, 11) is 0. The molecule has 1 rings (SSSR count). The van der Waals surface area contributed by atoms with Gasteiger partial charge >= 0.3 is 5.97 Å². The summed E-state index contributed by atoms with van der Waals surface area (Å²) in [5, 5.41) is 0.581. The SMILES string of the molecule is C=C(C)CN(CC)C(=O)COC(=O)COc1ccc(Cl)cc1. The standard InChI is InChI=1S/C16H20ClNO4/c1-4-18(9-12(2)3)15(19)10-22-16(20)11-21-14-7-5-13(17)6-8-14/h5-8H,2,4,9-11H2,1,3H3. The Bertz CT molecular complexity index is 527. The Morgan fingerprint density at radius 2 is 1.86 bits per heavy atom. The third kappa shape index (κ3) is 6.63. The van der Waals surface area contributed by atoms with Gasteiger partial charge in [-0.25, -0.2) is 4.79 Å². The molecule has 0 aliphatic carbocycles. The summed E-state index contributed by atoms with van der Waals surface area (Å²) in [6.45, 7) is 7.87. The number of ether oxygens (including phenoxy) is 2. The largest absolute Gasteiger partial charge is 0.482 e. The van der Waals surface area contributed by atoms with Gasteiger partial charge in [-0.3, -0.25) is 4.79 Å². The molecule has 0 aliphatic rings. The van der Waals surface area contributed by atoms with Gasteiger partial charge in [0.1, 0.15) is 5.75 Å². The minimum absolute atomic E-state index is 0.259. The molecule has 0 atom stereocenters. The molecule has 0 saturated heterocycles. The monoisotopic (exact) mass is 325 g/mol. The molecule has 0 radical (unpaired) electrons. The number of benzene rings is 1. The molecule has 6 heteroatoms. The Kier molecular flexibility index (Phi) is 7.46. The molecule has 0 unspecified atom stereocenters. The lowest BCUT2D eigenvalue weighted by Gasteiger charge is -2.20. The summed E-state index contributed by atoms with van der Waals surface area (Å²) < 4.78 is 10.1. The van der Waals surface area contributed by atoms with Crippen molar-refractivity contribution in [3.8, 4) is 5.75 Å². The molecule has 0 spiro atoms. The Hall–Kier alpha value is -2.01. The number of carbonyl (C=O) groups is 2. The topological polar surface area (TPSA) is 55.8 Å². The van der Waals surface area contributed by atoms with Crippen molar-refractivity contribution in [3.05, 3.63) is 41.4 Å². The molecule has 0 N–H and O–H groups in total. The Balaban J connectivity index is 2.34. The van der Waals surface area contributed by atoms with Crippen LogP contribution in [0.25, 0.3) is 0 Å². The average Bonchev–Trinajstić information content (AvgIpc) is 2.49. The van der Waals surface area contributed by atoms with E-state index in [4.69, 9.17) is 21.1 Å². The Morgan fingerprint density at radius 1 is 1.23 bits per heavy atom. The van der Waals surface area contributed by atoms with Gasteiger partial charge in [-0.15, -0.1) is 0 Å². The van der Waals surface area contributed by atoms with Crippen molar-refractivity contribution >= 4 is 23.5 Å². The van der Waals surface area contributed by atoms with E-state index in [9.17, 15) is 9.59 Å². The lowest BCUT2D eigenvalue weighted by Crippen LogP contribution is -2.36. The molecule has 0 bridgehead atoms. The molecule has 0 heterocycles. The summed E-state index contributed by atoms with van der Waals surface area (Å²) >= 11 is 5.74. The van der Waals surface area contributed by atoms with Crippen molar-refractivity contribution in [2.24, 2.45) is 0 Å². The summed E-state index contributed by atoms with van der Waals surface area (Å²) in [4.78, 5) is 25.0. The molecule has 1 aromatic rings. The Morgan fingerprint density at radius 3 is 2.41 bits per heavy atom. The van der Waals surface area contributed by atoms with E-state index in [1.807, 2.05) is 13.8 Å². The first kappa shape index (κ1) is 18.0. The maximum absolute atomic E-state index is 11.9. The zero-order valence-corrected chi connectivity index (χ0v) is 13.6. The number of hydrogen-bond donors (Lipinski definition) is 0. The number of hydrogen-bond acceptors (Lipinski definition) is 4. The molecular formula is C16H20ClNO4. The maximum atomic E-state index is 11.9. The van der Waals surface area contributed by atoms with Crippen molar-refractivity contribution in [2.45, 2.75) is 13.8 Å². The van der Waals surface area contributed by atoms with Crippen molar-refractivity contribution < 1.29 is 19.1 Å². The van der Waals surface area contributed by atoms with Crippen LogP contribution in [-0.2, 0) is 14.3 Å². The average molecular weight is 326 g/mol. The number of esters is 1. The van der Waals surface area contributed by atoms with Gasteiger partial charge in [0.2, 0.25) is 0 Å². The van der Waals surface area contributed by atoms with Gasteiger partial charge in [-0.2, -0.15) is 0 Å². The second-order valence-electron chi connectivity index (χ2n) is 4.77. The van der Waals surface area contributed by atoms with Gasteiger partial charge in [0.05, 0.1) is 0 Å². The second kappa shape index (κ2) is 9.10. The predicted molar refractivity (Wildman–Crippen MR) is 85.0 cm³/mol. The summed E-state index contributed by atoms with van der Waals surface area (Å²) in [5.41, 5.74) is 0.868. The van der Waals surface area contributed by atoms with Crippen LogP contribution >= 0.6 is 11.6 Å². The summed E-state index contributed by atoms with van der Waals surface area (Å²) in [5.74, 6) is -0.356. The molecule has 0 aromatic heterocycles. The van der Waals surface area contributed by atoms with Crippen LogP contribution in [0.3, 0.4) is 0 Å². The third-order valence-electron chi connectivity index (χ3n) is 2.72. The van der Waals surface area contributed by atoms with Gasteiger partial charge in [0, 0.05) is 18.1 Å². The van der Waals surface area contributed by atoms with Crippen LogP contribution in [0.1, 0.15) is 13.8 Å². The molecule has 22 heavy (non-hydrogen) atoms. The number of rotatable bonds is 8. The van der Waals surface area contributed by atoms with E-state index in [1.165, 1.54) is 0 Å². The van der Waals surface area contributed by atoms with Crippen LogP contribution in [0.15, 0.2) is 36.4 Å². The zero-order valence-electron chi connectivity index (χ0n) is 12.8.